The van der Waals surface area contributed by atoms with Crippen molar-refractivity contribution in [3.05, 3.63) is 12.2 Å². The molecule has 0 aromatic rings. The Bertz CT molecular complexity index is 279. The zero-order chi connectivity index (χ0) is 12.7. The summed E-state index contributed by atoms with van der Waals surface area (Å²) in [4.78, 5) is 21.4. The highest BCUT2D eigenvalue weighted by molar-refractivity contribution is 5.86. The van der Waals surface area contributed by atoms with Gasteiger partial charge in [-0.05, 0) is 19.8 Å². The molecule has 0 saturated carbocycles. The molecule has 1 fully saturated rings. The minimum Gasteiger partial charge on any atom is -0.462 e. The molecule has 0 N–H and O–H groups in total. The average Bonchev–Trinajstić information content (AvgIpc) is 2.35. The molecule has 1 saturated heterocycles. The Morgan fingerprint density at radius 2 is 2.12 bits per heavy atom. The second-order valence-electron chi connectivity index (χ2n) is 4.10. The molecule has 0 aromatic carbocycles. The number of hydrogen-bond acceptors (Lipinski definition) is 5. The van der Waals surface area contributed by atoms with Crippen molar-refractivity contribution in [2.75, 3.05) is 19.8 Å². The van der Waals surface area contributed by atoms with Crippen LogP contribution in [0.25, 0.3) is 0 Å². The molecule has 1 rings (SSSR count). The van der Waals surface area contributed by atoms with Gasteiger partial charge < -0.3 is 14.2 Å². The van der Waals surface area contributed by atoms with E-state index in [4.69, 9.17) is 14.2 Å². The van der Waals surface area contributed by atoms with Gasteiger partial charge in [0.25, 0.3) is 0 Å². The van der Waals surface area contributed by atoms with Gasteiger partial charge in [-0.2, -0.15) is 0 Å². The highest BCUT2D eigenvalue weighted by Gasteiger charge is 2.21. The van der Waals surface area contributed by atoms with Gasteiger partial charge in [-0.1, -0.05) is 6.58 Å². The molecule has 0 unspecified atom stereocenters. The van der Waals surface area contributed by atoms with Crippen molar-refractivity contribution in [3.63, 3.8) is 0 Å². The number of rotatable bonds is 6. The lowest BCUT2D eigenvalue weighted by Gasteiger charge is -2.26. The van der Waals surface area contributed by atoms with Crippen LogP contribution >= 0.6 is 0 Å². The first kappa shape index (κ1) is 13.9. The highest BCUT2D eigenvalue weighted by atomic mass is 16.7. The van der Waals surface area contributed by atoms with Crippen LogP contribution in [0.5, 0.6) is 0 Å². The monoisotopic (exact) mass is 242 g/mol. The lowest BCUT2D eigenvalue weighted by atomic mass is 10.1. The third kappa shape index (κ3) is 5.10. The van der Waals surface area contributed by atoms with Crippen molar-refractivity contribution < 1.29 is 23.8 Å². The third-order valence-electron chi connectivity index (χ3n) is 2.44. The predicted octanol–water partition coefficient (Wildman–Crippen LogP) is 1.07. The van der Waals surface area contributed by atoms with E-state index in [2.05, 4.69) is 6.58 Å². The maximum Gasteiger partial charge on any atom is 0.333 e. The van der Waals surface area contributed by atoms with Crippen molar-refractivity contribution in [2.45, 2.75) is 26.1 Å². The van der Waals surface area contributed by atoms with Gasteiger partial charge in [0.1, 0.15) is 0 Å². The summed E-state index contributed by atoms with van der Waals surface area (Å²) in [5.41, 5.74) is 0.406. The van der Waals surface area contributed by atoms with Gasteiger partial charge in [-0.25, -0.2) is 4.79 Å². The minimum atomic E-state index is -0.715. The van der Waals surface area contributed by atoms with Crippen LogP contribution in [0.15, 0.2) is 12.2 Å². The Balaban J connectivity index is 2.06. The first-order valence-corrected chi connectivity index (χ1v) is 5.64. The van der Waals surface area contributed by atoms with E-state index in [1.807, 2.05) is 0 Å². The molecule has 1 aliphatic rings. The Morgan fingerprint density at radius 3 is 2.65 bits per heavy atom. The average molecular weight is 242 g/mol. The Morgan fingerprint density at radius 1 is 1.47 bits per heavy atom. The van der Waals surface area contributed by atoms with Gasteiger partial charge in [-0.3, -0.25) is 4.79 Å². The molecule has 1 aliphatic heterocycles. The van der Waals surface area contributed by atoms with Crippen molar-refractivity contribution in [2.24, 2.45) is 5.92 Å². The minimum absolute atomic E-state index is 0.259. The Kier molecular flexibility index (Phi) is 5.86. The standard InChI is InChI=1S/C12H18O5/c1-9(2)12(14)15-5-3-4-10-7-16-11(6-13)17-8-10/h6,10-11H,1,3-5,7-8H2,2H3. The van der Waals surface area contributed by atoms with Gasteiger partial charge in [0.05, 0.1) is 19.8 Å². The molecule has 0 radical (unpaired) electrons. The SMILES string of the molecule is C=C(C)C(=O)OCCCC1COC(C=O)OC1. The summed E-state index contributed by atoms with van der Waals surface area (Å²) in [6.07, 6.45) is 1.52. The molecule has 17 heavy (non-hydrogen) atoms. The van der Waals surface area contributed by atoms with Crippen molar-refractivity contribution in [1.82, 2.24) is 0 Å². The Labute approximate surface area is 101 Å². The van der Waals surface area contributed by atoms with E-state index in [0.717, 1.165) is 12.8 Å². The quantitative estimate of drug-likeness (QED) is 0.302. The van der Waals surface area contributed by atoms with Crippen LogP contribution in [-0.2, 0) is 23.8 Å². The summed E-state index contributed by atoms with van der Waals surface area (Å²) in [6, 6.07) is 0. The van der Waals surface area contributed by atoms with Crippen LogP contribution in [-0.4, -0.2) is 38.4 Å². The number of hydrogen-bond donors (Lipinski definition) is 0. The van der Waals surface area contributed by atoms with Crippen molar-refractivity contribution >= 4 is 12.3 Å². The zero-order valence-corrected chi connectivity index (χ0v) is 10.0. The normalized spacial score (nSPS) is 24.1. The van der Waals surface area contributed by atoms with E-state index in [1.165, 1.54) is 0 Å². The highest BCUT2D eigenvalue weighted by Crippen LogP contribution is 2.15. The van der Waals surface area contributed by atoms with Crippen molar-refractivity contribution in [1.29, 1.82) is 0 Å². The van der Waals surface area contributed by atoms with E-state index >= 15 is 0 Å². The van der Waals surface area contributed by atoms with E-state index < -0.39 is 6.29 Å². The summed E-state index contributed by atoms with van der Waals surface area (Å²) in [5.74, 6) is -0.100. The van der Waals surface area contributed by atoms with Crippen LogP contribution < -0.4 is 0 Å². The summed E-state index contributed by atoms with van der Waals surface area (Å²) in [7, 11) is 0. The smallest absolute Gasteiger partial charge is 0.333 e. The summed E-state index contributed by atoms with van der Waals surface area (Å²) in [5, 5.41) is 0. The van der Waals surface area contributed by atoms with Crippen molar-refractivity contribution in [3.8, 4) is 0 Å². The third-order valence-corrected chi connectivity index (χ3v) is 2.44. The summed E-state index contributed by atoms with van der Waals surface area (Å²) in [6.45, 7) is 6.51. The summed E-state index contributed by atoms with van der Waals surface area (Å²) < 4.78 is 15.2. The van der Waals surface area contributed by atoms with Gasteiger partial charge in [0.2, 0.25) is 6.29 Å². The number of ether oxygens (including phenoxy) is 3. The number of carbonyl (C=O) groups excluding carboxylic acids is 2. The maximum absolute atomic E-state index is 11.1. The maximum atomic E-state index is 11.1. The summed E-state index contributed by atoms with van der Waals surface area (Å²) >= 11 is 0. The lowest BCUT2D eigenvalue weighted by molar-refractivity contribution is -0.193. The molecule has 0 aromatic heterocycles. The molecule has 96 valence electrons. The molecule has 0 atom stereocenters. The first-order valence-electron chi connectivity index (χ1n) is 5.64. The van der Waals surface area contributed by atoms with Crippen LogP contribution in [0.1, 0.15) is 19.8 Å². The molecular formula is C12H18O5. The number of carbonyl (C=O) groups is 2. The van der Waals surface area contributed by atoms with E-state index in [1.54, 1.807) is 6.92 Å². The fourth-order valence-corrected chi connectivity index (χ4v) is 1.46. The predicted molar refractivity (Wildman–Crippen MR) is 60.3 cm³/mol. The molecule has 1 heterocycles. The van der Waals surface area contributed by atoms with Crippen LogP contribution in [0.2, 0.25) is 0 Å². The number of esters is 1. The van der Waals surface area contributed by atoms with Gasteiger partial charge >= 0.3 is 5.97 Å². The fourth-order valence-electron chi connectivity index (χ4n) is 1.46. The van der Waals surface area contributed by atoms with E-state index in [9.17, 15) is 9.59 Å². The van der Waals surface area contributed by atoms with E-state index in [-0.39, 0.29) is 11.9 Å². The molecule has 0 bridgehead atoms. The number of aldehydes is 1. The fraction of sp³-hybridized carbons (Fsp3) is 0.667. The molecule has 0 aliphatic carbocycles. The van der Waals surface area contributed by atoms with Gasteiger partial charge in [0.15, 0.2) is 6.29 Å². The topological polar surface area (TPSA) is 61.8 Å². The second-order valence-corrected chi connectivity index (χ2v) is 4.10. The van der Waals surface area contributed by atoms with Crippen LogP contribution in [0, 0.1) is 5.92 Å². The van der Waals surface area contributed by atoms with Gasteiger partial charge in [0, 0.05) is 11.5 Å². The van der Waals surface area contributed by atoms with Gasteiger partial charge in [-0.15, -0.1) is 0 Å². The lowest BCUT2D eigenvalue weighted by Crippen LogP contribution is -2.33. The van der Waals surface area contributed by atoms with E-state index in [0.29, 0.717) is 31.7 Å². The molecular weight excluding hydrogens is 224 g/mol. The zero-order valence-electron chi connectivity index (χ0n) is 10.0. The molecule has 0 amide bonds. The largest absolute Gasteiger partial charge is 0.462 e. The van der Waals surface area contributed by atoms with Crippen LogP contribution in [0.4, 0.5) is 0 Å². The molecule has 5 nitrogen and oxygen atoms in total. The van der Waals surface area contributed by atoms with Crippen LogP contribution in [0.3, 0.4) is 0 Å². The second kappa shape index (κ2) is 7.19. The first-order chi connectivity index (χ1) is 8.13. The Hall–Kier alpha value is -1.20. The molecule has 0 spiro atoms. The molecule has 5 heteroatoms.